The lowest BCUT2D eigenvalue weighted by atomic mass is 10.4. The van der Waals surface area contributed by atoms with E-state index in [9.17, 15) is 0 Å². The molecule has 5 nitrogen and oxygen atoms in total. The molecule has 0 atom stereocenters. The van der Waals surface area contributed by atoms with Crippen LogP contribution in [0.2, 0.25) is 0 Å². The van der Waals surface area contributed by atoms with Gasteiger partial charge in [-0.05, 0) is 19.5 Å². The first-order valence-corrected chi connectivity index (χ1v) is 6.12. The molecule has 0 amide bonds. The number of anilines is 1. The Morgan fingerprint density at radius 1 is 1.50 bits per heavy atom. The van der Waals surface area contributed by atoms with Crippen molar-refractivity contribution in [1.29, 1.82) is 0 Å². The summed E-state index contributed by atoms with van der Waals surface area (Å²) >= 11 is 1.65. The standard InChI is InChI=1S/C10H20N4OS/c1-14(2)10-13-9(15-3)8(16-10)7-12-6-4-5-11/h12H,4-7,11H2,1-3H3. The smallest absolute Gasteiger partial charge is 0.230 e. The van der Waals surface area contributed by atoms with E-state index in [1.54, 1.807) is 18.4 Å². The van der Waals surface area contributed by atoms with E-state index in [0.29, 0.717) is 5.88 Å². The van der Waals surface area contributed by atoms with E-state index in [0.717, 1.165) is 36.1 Å². The largest absolute Gasteiger partial charge is 0.480 e. The number of nitrogens with two attached hydrogens (primary N) is 1. The van der Waals surface area contributed by atoms with E-state index in [-0.39, 0.29) is 0 Å². The van der Waals surface area contributed by atoms with Crippen molar-refractivity contribution in [2.45, 2.75) is 13.0 Å². The van der Waals surface area contributed by atoms with Crippen molar-refractivity contribution in [3.63, 3.8) is 0 Å². The van der Waals surface area contributed by atoms with Crippen LogP contribution in [0, 0.1) is 0 Å². The van der Waals surface area contributed by atoms with Crippen molar-refractivity contribution in [3.05, 3.63) is 4.88 Å². The van der Waals surface area contributed by atoms with Gasteiger partial charge in [-0.3, -0.25) is 0 Å². The van der Waals surface area contributed by atoms with Crippen LogP contribution in [-0.4, -0.2) is 39.3 Å². The normalized spacial score (nSPS) is 10.5. The van der Waals surface area contributed by atoms with Gasteiger partial charge < -0.3 is 20.7 Å². The molecule has 0 spiro atoms. The van der Waals surface area contributed by atoms with Crippen LogP contribution >= 0.6 is 11.3 Å². The molecule has 0 aromatic carbocycles. The number of hydrogen-bond acceptors (Lipinski definition) is 6. The molecule has 0 fully saturated rings. The number of ether oxygens (including phenoxy) is 1. The molecule has 6 heteroatoms. The van der Waals surface area contributed by atoms with Gasteiger partial charge in [0.15, 0.2) is 5.13 Å². The van der Waals surface area contributed by atoms with Gasteiger partial charge in [0.05, 0.1) is 12.0 Å². The van der Waals surface area contributed by atoms with Gasteiger partial charge in [0, 0.05) is 20.6 Å². The number of aromatic nitrogens is 1. The van der Waals surface area contributed by atoms with E-state index in [1.165, 1.54) is 0 Å². The van der Waals surface area contributed by atoms with Crippen LogP contribution in [0.1, 0.15) is 11.3 Å². The minimum absolute atomic E-state index is 0.717. The minimum Gasteiger partial charge on any atom is -0.480 e. The molecule has 0 radical (unpaired) electrons. The van der Waals surface area contributed by atoms with E-state index < -0.39 is 0 Å². The summed E-state index contributed by atoms with van der Waals surface area (Å²) < 4.78 is 5.24. The van der Waals surface area contributed by atoms with Crippen molar-refractivity contribution in [1.82, 2.24) is 10.3 Å². The number of nitrogens with zero attached hydrogens (tertiary/aromatic N) is 2. The number of hydrogen-bond donors (Lipinski definition) is 2. The molecule has 0 aliphatic rings. The van der Waals surface area contributed by atoms with E-state index in [1.807, 2.05) is 19.0 Å². The average molecular weight is 244 g/mol. The summed E-state index contributed by atoms with van der Waals surface area (Å²) in [5.74, 6) is 0.717. The molecule has 1 rings (SSSR count). The summed E-state index contributed by atoms with van der Waals surface area (Å²) in [7, 11) is 5.60. The highest BCUT2D eigenvalue weighted by Crippen LogP contribution is 2.29. The first kappa shape index (κ1) is 13.2. The molecule has 0 saturated carbocycles. The van der Waals surface area contributed by atoms with Crippen LogP contribution in [0.4, 0.5) is 5.13 Å². The highest BCUT2D eigenvalue weighted by atomic mass is 32.1. The maximum atomic E-state index is 5.43. The van der Waals surface area contributed by atoms with Gasteiger partial charge >= 0.3 is 0 Å². The molecule has 92 valence electrons. The Morgan fingerprint density at radius 2 is 2.25 bits per heavy atom. The Balaban J connectivity index is 2.56. The minimum atomic E-state index is 0.717. The van der Waals surface area contributed by atoms with Crippen molar-refractivity contribution in [3.8, 4) is 5.88 Å². The molecular weight excluding hydrogens is 224 g/mol. The van der Waals surface area contributed by atoms with Gasteiger partial charge in [0.25, 0.3) is 0 Å². The topological polar surface area (TPSA) is 63.4 Å². The second-order valence-corrected chi connectivity index (χ2v) is 4.70. The summed E-state index contributed by atoms with van der Waals surface area (Å²) in [6.45, 7) is 2.43. The SMILES string of the molecule is COc1nc(N(C)C)sc1CNCCCN. The van der Waals surface area contributed by atoms with E-state index >= 15 is 0 Å². The Labute approximate surface area is 101 Å². The number of rotatable bonds is 7. The molecule has 0 saturated heterocycles. The van der Waals surface area contributed by atoms with Crippen LogP contribution in [0.25, 0.3) is 0 Å². The lowest BCUT2D eigenvalue weighted by molar-refractivity contribution is 0.395. The van der Waals surface area contributed by atoms with Crippen molar-refractivity contribution >= 4 is 16.5 Å². The summed E-state index contributed by atoms with van der Waals surface area (Å²) in [6.07, 6.45) is 0.988. The van der Waals surface area contributed by atoms with Gasteiger partial charge in [-0.25, -0.2) is 0 Å². The lowest BCUT2D eigenvalue weighted by Crippen LogP contribution is -2.17. The molecule has 0 aliphatic carbocycles. The fourth-order valence-electron chi connectivity index (χ4n) is 1.22. The molecule has 3 N–H and O–H groups in total. The third kappa shape index (κ3) is 3.62. The predicted octanol–water partition coefficient (Wildman–Crippen LogP) is 0.656. The summed E-state index contributed by atoms with van der Waals surface area (Å²) in [6, 6.07) is 0. The van der Waals surface area contributed by atoms with Crippen LogP contribution in [0.15, 0.2) is 0 Å². The monoisotopic (exact) mass is 244 g/mol. The van der Waals surface area contributed by atoms with Crippen LogP contribution in [0.5, 0.6) is 5.88 Å². The van der Waals surface area contributed by atoms with Gasteiger partial charge in [0.2, 0.25) is 5.88 Å². The lowest BCUT2D eigenvalue weighted by Gasteiger charge is -2.05. The molecule has 1 heterocycles. The Morgan fingerprint density at radius 3 is 2.81 bits per heavy atom. The molecule has 0 aliphatic heterocycles. The maximum Gasteiger partial charge on any atom is 0.230 e. The van der Waals surface area contributed by atoms with Gasteiger partial charge in [-0.1, -0.05) is 11.3 Å². The highest BCUT2D eigenvalue weighted by molar-refractivity contribution is 7.15. The molecule has 16 heavy (non-hydrogen) atoms. The fourth-order valence-corrected chi connectivity index (χ4v) is 2.14. The maximum absolute atomic E-state index is 5.43. The van der Waals surface area contributed by atoms with Crippen molar-refractivity contribution < 1.29 is 4.74 Å². The summed E-state index contributed by atoms with van der Waals surface area (Å²) in [4.78, 5) is 7.50. The highest BCUT2D eigenvalue weighted by Gasteiger charge is 2.12. The molecule has 0 unspecified atom stereocenters. The second kappa shape index (κ2) is 6.67. The van der Waals surface area contributed by atoms with Gasteiger partial charge in [0.1, 0.15) is 0 Å². The fraction of sp³-hybridized carbons (Fsp3) is 0.700. The Kier molecular flexibility index (Phi) is 5.51. The number of nitrogens with one attached hydrogen (secondary N) is 1. The zero-order chi connectivity index (χ0) is 12.0. The van der Waals surface area contributed by atoms with Gasteiger partial charge in [-0.2, -0.15) is 4.98 Å². The predicted molar refractivity (Wildman–Crippen MR) is 68.4 cm³/mol. The quantitative estimate of drug-likeness (QED) is 0.690. The summed E-state index contributed by atoms with van der Waals surface area (Å²) in [5.41, 5.74) is 5.43. The molecule has 1 aromatic rings. The average Bonchev–Trinajstić information content (AvgIpc) is 2.68. The third-order valence-electron chi connectivity index (χ3n) is 2.07. The third-order valence-corrected chi connectivity index (χ3v) is 3.27. The van der Waals surface area contributed by atoms with E-state index in [4.69, 9.17) is 10.5 Å². The van der Waals surface area contributed by atoms with Gasteiger partial charge in [-0.15, -0.1) is 0 Å². The second-order valence-electron chi connectivity index (χ2n) is 3.64. The van der Waals surface area contributed by atoms with E-state index in [2.05, 4.69) is 10.3 Å². The first-order chi connectivity index (χ1) is 7.69. The van der Waals surface area contributed by atoms with Crippen molar-refractivity contribution in [2.24, 2.45) is 5.73 Å². The van der Waals surface area contributed by atoms with Crippen molar-refractivity contribution in [2.75, 3.05) is 39.2 Å². The first-order valence-electron chi connectivity index (χ1n) is 5.30. The zero-order valence-corrected chi connectivity index (χ0v) is 10.9. The Hall–Kier alpha value is -0.850. The van der Waals surface area contributed by atoms with Crippen LogP contribution < -0.4 is 20.7 Å². The van der Waals surface area contributed by atoms with Crippen LogP contribution in [-0.2, 0) is 6.54 Å². The van der Waals surface area contributed by atoms with Crippen LogP contribution in [0.3, 0.4) is 0 Å². The number of methoxy groups -OCH3 is 1. The Bertz CT molecular complexity index is 314. The number of thiazole rings is 1. The molecular formula is C10H20N4OS. The molecule has 1 aromatic heterocycles. The summed E-state index contributed by atoms with van der Waals surface area (Å²) in [5, 5.41) is 4.29. The zero-order valence-electron chi connectivity index (χ0n) is 10.1. The molecule has 0 bridgehead atoms.